The predicted octanol–water partition coefficient (Wildman–Crippen LogP) is 3.94. The minimum atomic E-state index is -0.665. The van der Waals surface area contributed by atoms with Crippen LogP contribution < -0.4 is 11.2 Å². The highest BCUT2D eigenvalue weighted by molar-refractivity contribution is 6.42. The van der Waals surface area contributed by atoms with E-state index in [1.807, 2.05) is 0 Å². The van der Waals surface area contributed by atoms with Gasteiger partial charge in [-0.3, -0.25) is 14.2 Å². The summed E-state index contributed by atoms with van der Waals surface area (Å²) in [5.74, 6) is -0.264. The highest BCUT2D eigenvalue weighted by Gasteiger charge is 2.18. The molecule has 0 N–H and O–H groups in total. The van der Waals surface area contributed by atoms with Gasteiger partial charge in [0.05, 0.1) is 39.4 Å². The SMILES string of the molecule is O=C(Cn1c(=O)n(-c2ccc(Cl)c(Cl)c2)c(=O)c2ccccc21)c1ccco1. The molecule has 0 aliphatic carbocycles. The van der Waals surface area contributed by atoms with Crippen LogP contribution in [0.25, 0.3) is 16.6 Å². The number of fused-ring (bicyclic) bond motifs is 1. The van der Waals surface area contributed by atoms with Crippen molar-refractivity contribution in [2.24, 2.45) is 0 Å². The third-order valence-corrected chi connectivity index (χ3v) is 5.05. The average molecular weight is 415 g/mol. The number of ketones is 1. The van der Waals surface area contributed by atoms with Crippen molar-refractivity contribution in [2.45, 2.75) is 6.54 Å². The van der Waals surface area contributed by atoms with Gasteiger partial charge in [0.2, 0.25) is 5.78 Å². The van der Waals surface area contributed by atoms with E-state index >= 15 is 0 Å². The van der Waals surface area contributed by atoms with Crippen molar-refractivity contribution in [1.29, 1.82) is 0 Å². The molecule has 0 atom stereocenters. The lowest BCUT2D eigenvalue weighted by Gasteiger charge is -2.13. The van der Waals surface area contributed by atoms with Crippen molar-refractivity contribution >= 4 is 39.9 Å². The van der Waals surface area contributed by atoms with Gasteiger partial charge < -0.3 is 4.42 Å². The van der Waals surface area contributed by atoms with E-state index in [0.717, 1.165) is 4.57 Å². The van der Waals surface area contributed by atoms with E-state index in [1.165, 1.54) is 35.1 Å². The molecule has 0 amide bonds. The molecule has 28 heavy (non-hydrogen) atoms. The van der Waals surface area contributed by atoms with Crippen molar-refractivity contribution in [3.8, 4) is 5.69 Å². The fourth-order valence-electron chi connectivity index (χ4n) is 2.98. The Labute approximate surface area is 168 Å². The molecule has 2 aromatic heterocycles. The number of carbonyl (C=O) groups excluding carboxylic acids is 1. The third kappa shape index (κ3) is 3.06. The second-order valence-electron chi connectivity index (χ2n) is 6.03. The lowest BCUT2D eigenvalue weighted by molar-refractivity contribution is 0.0944. The summed E-state index contributed by atoms with van der Waals surface area (Å²) in [6.07, 6.45) is 1.38. The van der Waals surface area contributed by atoms with Gasteiger partial charge in [-0.05, 0) is 42.5 Å². The summed E-state index contributed by atoms with van der Waals surface area (Å²) in [6.45, 7) is -0.283. The van der Waals surface area contributed by atoms with Crippen LogP contribution in [0.4, 0.5) is 0 Å². The molecular weight excluding hydrogens is 403 g/mol. The average Bonchev–Trinajstić information content (AvgIpc) is 3.23. The quantitative estimate of drug-likeness (QED) is 0.474. The number of carbonyl (C=O) groups is 1. The zero-order chi connectivity index (χ0) is 19.8. The molecule has 8 heteroatoms. The molecular formula is C20H12Cl2N2O4. The smallest absolute Gasteiger partial charge is 0.336 e. The maximum atomic E-state index is 13.2. The largest absolute Gasteiger partial charge is 0.461 e. The second kappa shape index (κ2) is 7.14. The zero-order valence-electron chi connectivity index (χ0n) is 14.3. The molecule has 6 nitrogen and oxygen atoms in total. The number of hydrogen-bond donors (Lipinski definition) is 0. The summed E-state index contributed by atoms with van der Waals surface area (Å²) in [5, 5.41) is 0.796. The number of Topliss-reactive ketones (excluding diaryl/α,β-unsaturated/α-hetero) is 1. The Morgan fingerprint density at radius 1 is 0.964 bits per heavy atom. The summed E-state index contributed by atoms with van der Waals surface area (Å²) in [4.78, 5) is 38.7. The van der Waals surface area contributed by atoms with Gasteiger partial charge in [0, 0.05) is 0 Å². The van der Waals surface area contributed by atoms with Crippen LogP contribution >= 0.6 is 23.2 Å². The Hall–Kier alpha value is -3.09. The first-order valence-electron chi connectivity index (χ1n) is 8.24. The molecule has 0 radical (unpaired) electrons. The maximum Gasteiger partial charge on any atom is 0.336 e. The minimum Gasteiger partial charge on any atom is -0.461 e. The number of nitrogens with zero attached hydrogens (tertiary/aromatic N) is 2. The van der Waals surface area contributed by atoms with E-state index in [-0.39, 0.29) is 23.0 Å². The standard InChI is InChI=1S/C20H12Cl2N2O4/c21-14-8-7-12(10-15(14)22)24-19(26)13-4-1-2-5-16(13)23(20(24)27)11-17(25)18-6-3-9-28-18/h1-10H,11H2. The molecule has 140 valence electrons. The Balaban J connectivity index is 1.99. The Morgan fingerprint density at radius 2 is 1.75 bits per heavy atom. The predicted molar refractivity (Wildman–Crippen MR) is 107 cm³/mol. The minimum absolute atomic E-state index is 0.128. The normalized spacial score (nSPS) is 11.1. The van der Waals surface area contributed by atoms with Crippen LogP contribution in [0.2, 0.25) is 10.0 Å². The van der Waals surface area contributed by atoms with Gasteiger partial charge in [-0.15, -0.1) is 0 Å². The van der Waals surface area contributed by atoms with E-state index in [9.17, 15) is 14.4 Å². The zero-order valence-corrected chi connectivity index (χ0v) is 15.8. The molecule has 2 heterocycles. The van der Waals surface area contributed by atoms with Gasteiger partial charge in [-0.1, -0.05) is 35.3 Å². The summed E-state index contributed by atoms with van der Waals surface area (Å²) in [6, 6.07) is 14.1. The van der Waals surface area contributed by atoms with Gasteiger partial charge in [0.1, 0.15) is 0 Å². The van der Waals surface area contributed by atoms with Gasteiger partial charge in [0.25, 0.3) is 5.56 Å². The van der Waals surface area contributed by atoms with E-state index in [1.54, 1.807) is 30.3 Å². The maximum absolute atomic E-state index is 13.2. The van der Waals surface area contributed by atoms with E-state index < -0.39 is 17.0 Å². The van der Waals surface area contributed by atoms with E-state index in [4.69, 9.17) is 27.6 Å². The molecule has 0 aliphatic rings. The highest BCUT2D eigenvalue weighted by atomic mass is 35.5. The first-order chi connectivity index (χ1) is 13.5. The molecule has 0 saturated heterocycles. The fourth-order valence-corrected chi connectivity index (χ4v) is 3.28. The number of aromatic nitrogens is 2. The first-order valence-corrected chi connectivity index (χ1v) is 8.99. The number of hydrogen-bond acceptors (Lipinski definition) is 4. The van der Waals surface area contributed by atoms with Crippen LogP contribution in [0.1, 0.15) is 10.6 Å². The lowest BCUT2D eigenvalue weighted by atomic mass is 10.2. The van der Waals surface area contributed by atoms with Crippen LogP contribution in [0, 0.1) is 0 Å². The van der Waals surface area contributed by atoms with Gasteiger partial charge >= 0.3 is 5.69 Å². The number of benzene rings is 2. The molecule has 4 aromatic rings. The number of rotatable bonds is 4. The summed E-state index contributed by atoms with van der Waals surface area (Å²) in [7, 11) is 0. The summed E-state index contributed by atoms with van der Waals surface area (Å²) < 4.78 is 7.33. The molecule has 0 spiro atoms. The van der Waals surface area contributed by atoms with Crippen LogP contribution in [0.5, 0.6) is 0 Å². The fraction of sp³-hybridized carbons (Fsp3) is 0.0500. The van der Waals surface area contributed by atoms with Gasteiger partial charge in [-0.2, -0.15) is 0 Å². The van der Waals surface area contributed by atoms with E-state index in [2.05, 4.69) is 0 Å². The number of halogens is 2. The molecule has 0 unspecified atom stereocenters. The molecule has 0 saturated carbocycles. The molecule has 2 aromatic carbocycles. The second-order valence-corrected chi connectivity index (χ2v) is 6.84. The molecule has 0 bridgehead atoms. The van der Waals surface area contributed by atoms with Gasteiger partial charge in [-0.25, -0.2) is 9.36 Å². The number of furan rings is 1. The first kappa shape index (κ1) is 18.3. The molecule has 0 fully saturated rings. The highest BCUT2D eigenvalue weighted by Crippen LogP contribution is 2.23. The van der Waals surface area contributed by atoms with Gasteiger partial charge in [0.15, 0.2) is 5.76 Å². The monoisotopic (exact) mass is 414 g/mol. The Bertz CT molecular complexity index is 1320. The van der Waals surface area contributed by atoms with Crippen LogP contribution in [-0.2, 0) is 6.54 Å². The van der Waals surface area contributed by atoms with Crippen molar-refractivity contribution in [2.75, 3.05) is 0 Å². The summed E-state index contributed by atoms with van der Waals surface area (Å²) >= 11 is 12.0. The van der Waals surface area contributed by atoms with Crippen LogP contribution in [0.15, 0.2) is 74.9 Å². The lowest BCUT2D eigenvalue weighted by Crippen LogP contribution is -2.40. The van der Waals surface area contributed by atoms with Crippen molar-refractivity contribution in [3.63, 3.8) is 0 Å². The topological polar surface area (TPSA) is 74.2 Å². The number of para-hydroxylation sites is 1. The van der Waals surface area contributed by atoms with Crippen molar-refractivity contribution in [1.82, 2.24) is 9.13 Å². The van der Waals surface area contributed by atoms with Crippen LogP contribution in [-0.4, -0.2) is 14.9 Å². The summed E-state index contributed by atoms with van der Waals surface area (Å²) in [5.41, 5.74) is -0.564. The van der Waals surface area contributed by atoms with Crippen molar-refractivity contribution in [3.05, 3.63) is 97.5 Å². The Kier molecular flexibility index (Phi) is 4.66. The third-order valence-electron chi connectivity index (χ3n) is 4.31. The van der Waals surface area contributed by atoms with Crippen LogP contribution in [0.3, 0.4) is 0 Å². The molecule has 0 aliphatic heterocycles. The van der Waals surface area contributed by atoms with E-state index in [0.29, 0.717) is 15.9 Å². The van der Waals surface area contributed by atoms with Crippen molar-refractivity contribution < 1.29 is 9.21 Å². The Morgan fingerprint density at radius 3 is 2.46 bits per heavy atom. The molecule has 4 rings (SSSR count).